The van der Waals surface area contributed by atoms with E-state index < -0.39 is 11.2 Å². The molecule has 1 amide bonds. The SMILES string of the molecule is Cc1cn(CC(=O)NCCc2csc(-c3cnccn3)n2)c(=O)[nH]c1=O. The van der Waals surface area contributed by atoms with Crippen LogP contribution in [0.3, 0.4) is 0 Å². The minimum absolute atomic E-state index is 0.154. The number of aryl methyl sites for hydroxylation is 1. The van der Waals surface area contributed by atoms with Crippen LogP contribution in [0, 0.1) is 6.92 Å². The Hall–Kier alpha value is -3.14. The number of amides is 1. The van der Waals surface area contributed by atoms with Gasteiger partial charge in [0.1, 0.15) is 17.2 Å². The van der Waals surface area contributed by atoms with Crippen LogP contribution in [0.2, 0.25) is 0 Å². The van der Waals surface area contributed by atoms with E-state index in [4.69, 9.17) is 0 Å². The maximum absolute atomic E-state index is 12.0. The molecule has 0 saturated carbocycles. The molecular formula is C16H16N6O3S. The maximum Gasteiger partial charge on any atom is 0.328 e. The van der Waals surface area contributed by atoms with Crippen molar-refractivity contribution >= 4 is 17.2 Å². The molecule has 0 unspecified atom stereocenters. The van der Waals surface area contributed by atoms with Crippen molar-refractivity contribution in [1.82, 2.24) is 29.8 Å². The fraction of sp³-hybridized carbons (Fsp3) is 0.250. The van der Waals surface area contributed by atoms with E-state index in [0.29, 0.717) is 24.2 Å². The van der Waals surface area contributed by atoms with Gasteiger partial charge in [-0.3, -0.25) is 29.1 Å². The van der Waals surface area contributed by atoms with Crippen molar-refractivity contribution in [3.8, 4) is 10.7 Å². The average molecular weight is 372 g/mol. The van der Waals surface area contributed by atoms with Crippen LogP contribution in [0.1, 0.15) is 11.3 Å². The highest BCUT2D eigenvalue weighted by Crippen LogP contribution is 2.20. The van der Waals surface area contributed by atoms with Crippen molar-refractivity contribution in [3.63, 3.8) is 0 Å². The molecule has 3 heterocycles. The van der Waals surface area contributed by atoms with Crippen molar-refractivity contribution in [2.75, 3.05) is 6.54 Å². The molecule has 26 heavy (non-hydrogen) atoms. The summed E-state index contributed by atoms with van der Waals surface area (Å²) in [4.78, 5) is 49.8. The van der Waals surface area contributed by atoms with Crippen LogP contribution >= 0.6 is 11.3 Å². The molecule has 0 saturated heterocycles. The zero-order chi connectivity index (χ0) is 18.5. The van der Waals surface area contributed by atoms with Gasteiger partial charge in [-0.15, -0.1) is 11.3 Å². The van der Waals surface area contributed by atoms with Crippen molar-refractivity contribution in [2.45, 2.75) is 19.9 Å². The minimum atomic E-state index is -0.608. The molecule has 3 aromatic heterocycles. The van der Waals surface area contributed by atoms with Crippen molar-refractivity contribution in [2.24, 2.45) is 0 Å². The summed E-state index contributed by atoms with van der Waals surface area (Å²) in [6.07, 6.45) is 6.78. The molecule has 10 heteroatoms. The largest absolute Gasteiger partial charge is 0.354 e. The van der Waals surface area contributed by atoms with E-state index in [0.717, 1.165) is 10.7 Å². The standard InChI is InChI=1S/C16H16N6O3S/c1-10-7-22(16(25)21-14(10)24)8-13(23)19-3-2-11-9-26-15(20-11)12-6-17-4-5-18-12/h4-7,9H,2-3,8H2,1H3,(H,19,23)(H,21,24,25). The van der Waals surface area contributed by atoms with Crippen LogP contribution in [0.4, 0.5) is 0 Å². The number of hydrogen-bond donors (Lipinski definition) is 2. The van der Waals surface area contributed by atoms with Gasteiger partial charge in [0.25, 0.3) is 5.56 Å². The third-order valence-electron chi connectivity index (χ3n) is 3.54. The highest BCUT2D eigenvalue weighted by Gasteiger charge is 2.08. The second kappa shape index (κ2) is 7.83. The van der Waals surface area contributed by atoms with Gasteiger partial charge in [-0.1, -0.05) is 0 Å². The van der Waals surface area contributed by atoms with E-state index >= 15 is 0 Å². The summed E-state index contributed by atoms with van der Waals surface area (Å²) in [5.41, 5.74) is 0.864. The lowest BCUT2D eigenvalue weighted by atomic mass is 10.3. The Morgan fingerprint density at radius 2 is 2.19 bits per heavy atom. The quantitative estimate of drug-likeness (QED) is 0.633. The first-order valence-electron chi connectivity index (χ1n) is 7.81. The first kappa shape index (κ1) is 17.7. The average Bonchev–Trinajstić information content (AvgIpc) is 3.09. The monoisotopic (exact) mass is 372 g/mol. The van der Waals surface area contributed by atoms with Crippen molar-refractivity contribution < 1.29 is 4.79 Å². The van der Waals surface area contributed by atoms with Gasteiger partial charge in [0, 0.05) is 42.5 Å². The number of H-pyrrole nitrogens is 1. The lowest BCUT2D eigenvalue weighted by molar-refractivity contribution is -0.121. The second-order valence-corrected chi connectivity index (χ2v) is 6.39. The van der Waals surface area contributed by atoms with Crippen molar-refractivity contribution in [1.29, 1.82) is 0 Å². The number of aromatic amines is 1. The van der Waals surface area contributed by atoms with E-state index in [1.54, 1.807) is 25.5 Å². The molecule has 0 fully saturated rings. The van der Waals surface area contributed by atoms with E-state index in [-0.39, 0.29) is 12.5 Å². The van der Waals surface area contributed by atoms with Crippen LogP contribution in [-0.4, -0.2) is 37.0 Å². The zero-order valence-electron chi connectivity index (χ0n) is 13.9. The number of nitrogens with zero attached hydrogens (tertiary/aromatic N) is 4. The maximum atomic E-state index is 12.0. The molecule has 0 aliphatic heterocycles. The number of thiazole rings is 1. The molecule has 0 spiro atoms. The van der Waals surface area contributed by atoms with E-state index in [1.165, 1.54) is 22.1 Å². The Kier molecular flexibility index (Phi) is 5.32. The predicted molar refractivity (Wildman–Crippen MR) is 95.9 cm³/mol. The molecule has 0 aromatic carbocycles. The predicted octanol–water partition coefficient (Wildman–Crippen LogP) is 0.117. The second-order valence-electron chi connectivity index (χ2n) is 5.53. The van der Waals surface area contributed by atoms with E-state index in [1.807, 2.05) is 5.38 Å². The summed E-state index contributed by atoms with van der Waals surface area (Å²) < 4.78 is 1.17. The molecule has 0 bridgehead atoms. The van der Waals surface area contributed by atoms with E-state index in [2.05, 4.69) is 25.3 Å². The molecular weight excluding hydrogens is 356 g/mol. The number of carbonyl (C=O) groups excluding carboxylic acids is 1. The molecule has 9 nitrogen and oxygen atoms in total. The zero-order valence-corrected chi connectivity index (χ0v) is 14.7. The number of hydrogen-bond acceptors (Lipinski definition) is 7. The third kappa shape index (κ3) is 4.28. The first-order valence-corrected chi connectivity index (χ1v) is 8.69. The van der Waals surface area contributed by atoms with Crippen LogP contribution < -0.4 is 16.6 Å². The summed E-state index contributed by atoms with van der Waals surface area (Å²) in [7, 11) is 0. The summed E-state index contributed by atoms with van der Waals surface area (Å²) in [6, 6.07) is 0. The molecule has 0 aliphatic rings. The van der Waals surface area contributed by atoms with Gasteiger partial charge in [0.15, 0.2) is 0 Å². The molecule has 134 valence electrons. The molecule has 0 radical (unpaired) electrons. The van der Waals surface area contributed by atoms with Gasteiger partial charge in [-0.05, 0) is 6.92 Å². The summed E-state index contributed by atoms with van der Waals surface area (Å²) >= 11 is 1.46. The highest BCUT2D eigenvalue weighted by atomic mass is 32.1. The molecule has 2 N–H and O–H groups in total. The summed E-state index contributed by atoms with van der Waals surface area (Å²) in [5, 5.41) is 5.42. The molecule has 3 aromatic rings. The van der Waals surface area contributed by atoms with Crippen LogP contribution in [0.5, 0.6) is 0 Å². The topological polar surface area (TPSA) is 123 Å². The molecule has 0 aliphatic carbocycles. The van der Waals surface area contributed by atoms with Gasteiger partial charge in [0.05, 0.1) is 11.9 Å². The Morgan fingerprint density at radius 3 is 2.96 bits per heavy atom. The number of nitrogens with one attached hydrogen (secondary N) is 2. The number of aromatic nitrogens is 5. The normalized spacial score (nSPS) is 10.7. The molecule has 3 rings (SSSR count). The Labute approximate surface area is 151 Å². The van der Waals surface area contributed by atoms with Gasteiger partial charge in [0.2, 0.25) is 5.91 Å². The summed E-state index contributed by atoms with van der Waals surface area (Å²) in [6.45, 7) is 1.81. The van der Waals surface area contributed by atoms with Crippen LogP contribution in [-0.2, 0) is 17.8 Å². The number of rotatable bonds is 6. The summed E-state index contributed by atoms with van der Waals surface area (Å²) in [5.74, 6) is -0.317. The Balaban J connectivity index is 1.53. The lowest BCUT2D eigenvalue weighted by Crippen LogP contribution is -2.37. The first-order chi connectivity index (χ1) is 12.5. The number of carbonyl (C=O) groups is 1. The van der Waals surface area contributed by atoms with Gasteiger partial charge < -0.3 is 5.32 Å². The van der Waals surface area contributed by atoms with Gasteiger partial charge >= 0.3 is 5.69 Å². The van der Waals surface area contributed by atoms with Crippen LogP contribution in [0.25, 0.3) is 10.7 Å². The third-order valence-corrected chi connectivity index (χ3v) is 4.45. The Bertz CT molecular complexity index is 1020. The highest BCUT2D eigenvalue weighted by molar-refractivity contribution is 7.13. The minimum Gasteiger partial charge on any atom is -0.354 e. The Morgan fingerprint density at radius 1 is 1.35 bits per heavy atom. The fourth-order valence-corrected chi connectivity index (χ4v) is 3.04. The molecule has 0 atom stereocenters. The van der Waals surface area contributed by atoms with Crippen LogP contribution in [0.15, 0.2) is 39.8 Å². The fourth-order valence-electron chi connectivity index (χ4n) is 2.23. The van der Waals surface area contributed by atoms with Gasteiger partial charge in [-0.2, -0.15) is 0 Å². The van der Waals surface area contributed by atoms with Gasteiger partial charge in [-0.25, -0.2) is 9.78 Å². The lowest BCUT2D eigenvalue weighted by Gasteiger charge is -2.07. The van der Waals surface area contributed by atoms with Crippen molar-refractivity contribution in [3.05, 3.63) is 62.3 Å². The smallest absolute Gasteiger partial charge is 0.328 e. The van der Waals surface area contributed by atoms with E-state index in [9.17, 15) is 14.4 Å².